The van der Waals surface area contributed by atoms with Crippen molar-refractivity contribution >= 4 is 0 Å². The predicted molar refractivity (Wildman–Crippen MR) is 82.3 cm³/mol. The van der Waals surface area contributed by atoms with Crippen molar-refractivity contribution in [3.05, 3.63) is 27.9 Å². The van der Waals surface area contributed by atoms with Gasteiger partial charge in [0.15, 0.2) is 0 Å². The van der Waals surface area contributed by atoms with Crippen LogP contribution >= 0.6 is 0 Å². The lowest BCUT2D eigenvalue weighted by molar-refractivity contribution is -0.0194. The van der Waals surface area contributed by atoms with E-state index in [1.54, 1.807) is 7.11 Å². The molecule has 0 aliphatic heterocycles. The Morgan fingerprint density at radius 1 is 1.43 bits per heavy atom. The van der Waals surface area contributed by atoms with Gasteiger partial charge in [0.05, 0.1) is 12.3 Å². The highest BCUT2D eigenvalue weighted by Crippen LogP contribution is 2.33. The van der Waals surface area contributed by atoms with E-state index >= 15 is 0 Å². The third-order valence-corrected chi connectivity index (χ3v) is 2.97. The molecule has 1 aromatic heterocycles. The molecule has 1 unspecified atom stereocenters. The highest BCUT2D eigenvalue weighted by atomic mass is 16.5. The molecule has 0 saturated heterocycles. The number of H-pyrrole nitrogens is 1. The first-order chi connectivity index (χ1) is 9.88. The van der Waals surface area contributed by atoms with E-state index in [1.807, 2.05) is 6.92 Å². The van der Waals surface area contributed by atoms with Crippen molar-refractivity contribution in [2.45, 2.75) is 40.3 Å². The molecule has 21 heavy (non-hydrogen) atoms. The monoisotopic (exact) mass is 297 g/mol. The van der Waals surface area contributed by atoms with Crippen LogP contribution in [0.15, 0.2) is 10.9 Å². The normalized spacial score (nSPS) is 13.4. The van der Waals surface area contributed by atoms with E-state index in [1.165, 1.54) is 6.07 Å². The Bertz CT molecular complexity index is 480. The molecule has 1 aromatic rings. The molecule has 0 spiro atoms. The van der Waals surface area contributed by atoms with Crippen LogP contribution in [0.3, 0.4) is 0 Å². The van der Waals surface area contributed by atoms with Gasteiger partial charge in [0, 0.05) is 32.9 Å². The maximum absolute atomic E-state index is 11.8. The van der Waals surface area contributed by atoms with Crippen LogP contribution in [0.4, 0.5) is 0 Å². The van der Waals surface area contributed by atoms with E-state index in [0.717, 1.165) is 0 Å². The van der Waals surface area contributed by atoms with Crippen LogP contribution in [-0.4, -0.2) is 36.8 Å². The van der Waals surface area contributed by atoms with E-state index in [9.17, 15) is 4.79 Å². The molecule has 2 N–H and O–H groups in total. The molecule has 0 aliphatic rings. The van der Waals surface area contributed by atoms with E-state index in [-0.39, 0.29) is 17.1 Å². The molecule has 120 valence electrons. The summed E-state index contributed by atoms with van der Waals surface area (Å²) in [5.41, 5.74) is 0.407. The third kappa shape index (κ3) is 5.95. The lowest BCUT2D eigenvalue weighted by Crippen LogP contribution is -2.28. The van der Waals surface area contributed by atoms with Crippen LogP contribution in [-0.2, 0) is 16.0 Å². The third-order valence-electron chi connectivity index (χ3n) is 2.97. The molecule has 6 heteroatoms. The molecule has 0 aromatic carbocycles. The number of aromatic amines is 1. The number of hydrogen-bond acceptors (Lipinski definition) is 5. The Hall–Kier alpha value is -1.24. The standard InChI is InChI=1S/C15H27N3O3/c1-6-21-13(15(2,3)4)14-17-11(9-12(19)18-14)10-16-7-8-20-5/h9,13,16H,6-8,10H2,1-5H3,(H,17,18,19). The number of methoxy groups -OCH3 is 1. The van der Waals surface area contributed by atoms with E-state index < -0.39 is 0 Å². The molecule has 1 heterocycles. The first-order valence-corrected chi connectivity index (χ1v) is 7.30. The summed E-state index contributed by atoms with van der Waals surface area (Å²) in [6, 6.07) is 1.51. The van der Waals surface area contributed by atoms with Gasteiger partial charge in [0.2, 0.25) is 0 Å². The van der Waals surface area contributed by atoms with Gasteiger partial charge in [0.1, 0.15) is 11.9 Å². The van der Waals surface area contributed by atoms with E-state index in [2.05, 4.69) is 36.1 Å². The van der Waals surface area contributed by atoms with Gasteiger partial charge in [0.25, 0.3) is 5.56 Å². The summed E-state index contributed by atoms with van der Waals surface area (Å²) in [5.74, 6) is 0.584. The summed E-state index contributed by atoms with van der Waals surface area (Å²) in [4.78, 5) is 19.2. The summed E-state index contributed by atoms with van der Waals surface area (Å²) >= 11 is 0. The highest BCUT2D eigenvalue weighted by Gasteiger charge is 2.29. The van der Waals surface area contributed by atoms with E-state index in [0.29, 0.717) is 37.8 Å². The fraction of sp³-hybridized carbons (Fsp3) is 0.733. The molecule has 0 amide bonds. The van der Waals surface area contributed by atoms with Gasteiger partial charge >= 0.3 is 0 Å². The Morgan fingerprint density at radius 3 is 2.71 bits per heavy atom. The Kier molecular flexibility index (Phi) is 7.01. The molecule has 6 nitrogen and oxygen atoms in total. The van der Waals surface area contributed by atoms with Crippen molar-refractivity contribution in [3.63, 3.8) is 0 Å². The van der Waals surface area contributed by atoms with Gasteiger partial charge in [-0.2, -0.15) is 0 Å². The van der Waals surface area contributed by atoms with Gasteiger partial charge < -0.3 is 19.8 Å². The van der Waals surface area contributed by atoms with Crippen LogP contribution < -0.4 is 10.9 Å². The van der Waals surface area contributed by atoms with Crippen LogP contribution in [0.5, 0.6) is 0 Å². The molecular formula is C15H27N3O3. The summed E-state index contributed by atoms with van der Waals surface area (Å²) in [5, 5.41) is 3.19. The summed E-state index contributed by atoms with van der Waals surface area (Å²) in [7, 11) is 1.65. The SMILES string of the molecule is CCOC(c1nc(CNCCOC)cc(=O)[nH]1)C(C)(C)C. The topological polar surface area (TPSA) is 76.2 Å². The molecular weight excluding hydrogens is 270 g/mol. The first kappa shape index (κ1) is 17.8. The molecule has 1 atom stereocenters. The Balaban J connectivity index is 2.91. The number of aromatic nitrogens is 2. The minimum Gasteiger partial charge on any atom is -0.383 e. The van der Waals surface area contributed by atoms with Crippen LogP contribution in [0, 0.1) is 5.41 Å². The van der Waals surface area contributed by atoms with Crippen LogP contribution in [0.1, 0.15) is 45.3 Å². The van der Waals surface area contributed by atoms with Crippen molar-refractivity contribution in [2.75, 3.05) is 26.9 Å². The summed E-state index contributed by atoms with van der Waals surface area (Å²) < 4.78 is 10.7. The second kappa shape index (κ2) is 8.26. The average molecular weight is 297 g/mol. The molecule has 0 radical (unpaired) electrons. The number of rotatable bonds is 8. The quantitative estimate of drug-likeness (QED) is 0.713. The van der Waals surface area contributed by atoms with Gasteiger partial charge in [-0.25, -0.2) is 4.98 Å². The second-order valence-corrected chi connectivity index (χ2v) is 5.99. The van der Waals surface area contributed by atoms with Crippen molar-refractivity contribution in [1.29, 1.82) is 0 Å². The van der Waals surface area contributed by atoms with Crippen molar-refractivity contribution < 1.29 is 9.47 Å². The molecule has 0 aliphatic carbocycles. The van der Waals surface area contributed by atoms with Crippen molar-refractivity contribution in [2.24, 2.45) is 5.41 Å². The zero-order valence-corrected chi connectivity index (χ0v) is 13.7. The molecule has 0 fully saturated rings. The van der Waals surface area contributed by atoms with Gasteiger partial charge in [-0.15, -0.1) is 0 Å². The van der Waals surface area contributed by atoms with Gasteiger partial charge in [-0.1, -0.05) is 20.8 Å². The van der Waals surface area contributed by atoms with Crippen molar-refractivity contribution in [1.82, 2.24) is 15.3 Å². The number of hydrogen-bond donors (Lipinski definition) is 2. The Labute approximate surface area is 126 Å². The zero-order valence-electron chi connectivity index (χ0n) is 13.7. The van der Waals surface area contributed by atoms with E-state index in [4.69, 9.17) is 9.47 Å². The number of ether oxygens (including phenoxy) is 2. The minimum atomic E-state index is -0.242. The minimum absolute atomic E-state index is 0.145. The fourth-order valence-corrected chi connectivity index (χ4v) is 2.04. The fourth-order valence-electron chi connectivity index (χ4n) is 2.04. The zero-order chi connectivity index (χ0) is 15.9. The van der Waals surface area contributed by atoms with Crippen LogP contribution in [0.25, 0.3) is 0 Å². The molecule has 0 saturated carbocycles. The number of nitrogens with zero attached hydrogens (tertiary/aromatic N) is 1. The maximum Gasteiger partial charge on any atom is 0.251 e. The number of nitrogens with one attached hydrogen (secondary N) is 2. The largest absolute Gasteiger partial charge is 0.383 e. The lowest BCUT2D eigenvalue weighted by Gasteiger charge is -2.29. The smallest absolute Gasteiger partial charge is 0.251 e. The molecule has 1 rings (SSSR count). The summed E-state index contributed by atoms with van der Waals surface area (Å²) in [6.45, 7) is 10.6. The predicted octanol–water partition coefficient (Wildman–Crippen LogP) is 1.63. The van der Waals surface area contributed by atoms with Crippen molar-refractivity contribution in [3.8, 4) is 0 Å². The molecule has 0 bridgehead atoms. The van der Waals surface area contributed by atoms with Gasteiger partial charge in [-0.3, -0.25) is 4.79 Å². The maximum atomic E-state index is 11.8. The Morgan fingerprint density at radius 2 is 2.14 bits per heavy atom. The van der Waals surface area contributed by atoms with Crippen LogP contribution in [0.2, 0.25) is 0 Å². The lowest BCUT2D eigenvalue weighted by atomic mass is 9.88. The average Bonchev–Trinajstić information content (AvgIpc) is 2.39. The first-order valence-electron chi connectivity index (χ1n) is 7.30. The second-order valence-electron chi connectivity index (χ2n) is 5.99. The highest BCUT2D eigenvalue weighted by molar-refractivity contribution is 5.06. The van der Waals surface area contributed by atoms with Gasteiger partial charge in [-0.05, 0) is 12.3 Å². The summed E-state index contributed by atoms with van der Waals surface area (Å²) in [6.07, 6.45) is -0.242.